The van der Waals surface area contributed by atoms with Crippen molar-refractivity contribution in [3.8, 4) is 0 Å². The van der Waals surface area contributed by atoms with Crippen LogP contribution in [0.2, 0.25) is 4.34 Å². The monoisotopic (exact) mass is 577 g/mol. The highest BCUT2D eigenvalue weighted by atomic mass is 35.5. The number of sulfonamides is 1. The van der Waals surface area contributed by atoms with Crippen molar-refractivity contribution >= 4 is 73.2 Å². The first kappa shape index (κ1) is 28.1. The van der Waals surface area contributed by atoms with Gasteiger partial charge < -0.3 is 14.8 Å². The minimum atomic E-state index is -3.71. The van der Waals surface area contributed by atoms with Gasteiger partial charge in [0.05, 0.1) is 23.6 Å². The number of amides is 3. The van der Waals surface area contributed by atoms with Crippen molar-refractivity contribution in [3.63, 3.8) is 0 Å². The number of carbonyl (C=O) groups is 4. The molecule has 3 rings (SSSR count). The Labute approximate surface area is 220 Å². The zero-order chi connectivity index (χ0) is 26.6. The molecule has 0 radical (unpaired) electrons. The molecule has 1 aliphatic heterocycles. The van der Waals surface area contributed by atoms with Gasteiger partial charge in [-0.05, 0) is 44.4 Å². The van der Waals surface area contributed by atoms with Crippen LogP contribution < -0.4 is 10.6 Å². The lowest BCUT2D eigenvalue weighted by Gasteiger charge is -2.30. The van der Waals surface area contributed by atoms with Gasteiger partial charge in [0.25, 0.3) is 15.9 Å². The summed E-state index contributed by atoms with van der Waals surface area (Å²) in [5.74, 6) is -2.49. The predicted molar refractivity (Wildman–Crippen MR) is 134 cm³/mol. The van der Waals surface area contributed by atoms with Gasteiger partial charge in [-0.2, -0.15) is 4.31 Å². The van der Waals surface area contributed by atoms with Crippen molar-refractivity contribution in [3.05, 3.63) is 32.5 Å². The minimum absolute atomic E-state index is 0.0589. The number of rotatable bonds is 7. The Kier molecular flexibility index (Phi) is 9.11. The number of ether oxygens (including phenoxy) is 2. The molecule has 0 bridgehead atoms. The highest BCUT2D eigenvalue weighted by molar-refractivity contribution is 7.91. The number of piperidine rings is 1. The second kappa shape index (κ2) is 11.7. The van der Waals surface area contributed by atoms with Crippen LogP contribution in [0, 0.1) is 12.8 Å². The highest BCUT2D eigenvalue weighted by Crippen LogP contribution is 2.35. The fraction of sp³-hybridized carbons (Fsp3) is 0.429. The van der Waals surface area contributed by atoms with E-state index in [2.05, 4.69) is 10.1 Å². The topological polar surface area (TPSA) is 148 Å². The van der Waals surface area contributed by atoms with E-state index < -0.39 is 39.8 Å². The number of nitrogens with one attached hydrogen (secondary N) is 2. The summed E-state index contributed by atoms with van der Waals surface area (Å²) in [6.07, 6.45) is -0.493. The zero-order valence-corrected chi connectivity index (χ0v) is 22.8. The molecule has 196 valence electrons. The first-order valence-electron chi connectivity index (χ1n) is 10.8. The molecule has 11 nitrogen and oxygen atoms in total. The molecule has 2 aromatic rings. The summed E-state index contributed by atoms with van der Waals surface area (Å²) in [7, 11) is -2.62. The number of alkyl carbamates (subject to hydrolysis) is 1. The fourth-order valence-corrected chi connectivity index (χ4v) is 7.82. The lowest BCUT2D eigenvalue weighted by Crippen LogP contribution is -2.41. The molecule has 0 unspecified atom stereocenters. The molecule has 0 saturated carbocycles. The van der Waals surface area contributed by atoms with Crippen LogP contribution in [0.25, 0.3) is 0 Å². The van der Waals surface area contributed by atoms with E-state index in [1.54, 1.807) is 6.92 Å². The number of hydrogen-bond donors (Lipinski definition) is 2. The highest BCUT2D eigenvalue weighted by Gasteiger charge is 2.34. The van der Waals surface area contributed by atoms with Crippen molar-refractivity contribution in [1.82, 2.24) is 9.62 Å². The van der Waals surface area contributed by atoms with Crippen LogP contribution in [0.3, 0.4) is 0 Å². The Hall–Kier alpha value is -2.52. The lowest BCUT2D eigenvalue weighted by molar-refractivity contribution is -0.120. The van der Waals surface area contributed by atoms with Crippen LogP contribution in [-0.2, 0) is 24.3 Å². The van der Waals surface area contributed by atoms with E-state index in [0.29, 0.717) is 4.34 Å². The first-order chi connectivity index (χ1) is 17.0. The standard InChI is InChI=1S/C21H24ClN3O8S3/c1-4-33-20(28)16-11(2)15(18(27)24-21(29)32-3)19(35-16)23-17(26)12-7-9-25(10-8-12)36(30,31)14-6-5-13(22)34-14/h5-6,12H,4,7-10H2,1-3H3,(H,23,26)(H,24,27,29). The van der Waals surface area contributed by atoms with Crippen molar-refractivity contribution in [2.24, 2.45) is 5.92 Å². The molecule has 3 heterocycles. The van der Waals surface area contributed by atoms with Crippen LogP contribution in [-0.4, -0.2) is 63.4 Å². The molecular weight excluding hydrogens is 554 g/mol. The van der Waals surface area contributed by atoms with E-state index in [4.69, 9.17) is 16.3 Å². The minimum Gasteiger partial charge on any atom is -0.462 e. The summed E-state index contributed by atoms with van der Waals surface area (Å²) in [6.45, 7) is 3.51. The molecule has 1 saturated heterocycles. The maximum Gasteiger partial charge on any atom is 0.413 e. The largest absolute Gasteiger partial charge is 0.462 e. The van der Waals surface area contributed by atoms with Gasteiger partial charge in [0.15, 0.2) is 0 Å². The average molecular weight is 578 g/mol. The SMILES string of the molecule is CCOC(=O)c1sc(NC(=O)C2CCN(S(=O)(=O)c3ccc(Cl)s3)CC2)c(C(=O)NC(=O)OC)c1C. The van der Waals surface area contributed by atoms with Gasteiger partial charge in [-0.15, -0.1) is 22.7 Å². The Morgan fingerprint density at radius 3 is 2.39 bits per heavy atom. The molecular formula is C21H24ClN3O8S3. The van der Waals surface area contributed by atoms with Crippen LogP contribution in [0.1, 0.15) is 45.4 Å². The van der Waals surface area contributed by atoms with Crippen LogP contribution in [0.15, 0.2) is 16.3 Å². The molecule has 2 aromatic heterocycles. The van der Waals surface area contributed by atoms with Crippen molar-refractivity contribution in [1.29, 1.82) is 0 Å². The Bertz CT molecular complexity index is 1280. The third-order valence-electron chi connectivity index (χ3n) is 5.44. The summed E-state index contributed by atoms with van der Waals surface area (Å²) in [6, 6.07) is 2.96. The number of carbonyl (C=O) groups excluding carboxylic acids is 4. The molecule has 0 aliphatic carbocycles. The van der Waals surface area contributed by atoms with Gasteiger partial charge in [-0.1, -0.05) is 11.6 Å². The number of hydrogen-bond acceptors (Lipinski definition) is 10. The van der Waals surface area contributed by atoms with E-state index in [0.717, 1.165) is 29.8 Å². The maximum absolute atomic E-state index is 13.0. The first-order valence-corrected chi connectivity index (χ1v) is 14.2. The zero-order valence-electron chi connectivity index (χ0n) is 19.6. The predicted octanol–water partition coefficient (Wildman–Crippen LogP) is 3.48. The van der Waals surface area contributed by atoms with Crippen LogP contribution in [0.4, 0.5) is 9.80 Å². The second-order valence-corrected chi connectivity index (χ2v) is 12.6. The van der Waals surface area contributed by atoms with Gasteiger partial charge in [-0.3, -0.25) is 14.9 Å². The van der Waals surface area contributed by atoms with Crippen molar-refractivity contribution in [2.45, 2.75) is 30.9 Å². The van der Waals surface area contributed by atoms with Crippen molar-refractivity contribution in [2.75, 3.05) is 32.1 Å². The molecule has 1 fully saturated rings. The Balaban J connectivity index is 1.76. The van der Waals surface area contributed by atoms with E-state index in [1.807, 2.05) is 5.32 Å². The summed E-state index contributed by atoms with van der Waals surface area (Å²) >= 11 is 7.69. The molecule has 36 heavy (non-hydrogen) atoms. The van der Waals surface area contributed by atoms with Crippen LogP contribution in [0.5, 0.6) is 0 Å². The van der Waals surface area contributed by atoms with Crippen LogP contribution >= 0.6 is 34.3 Å². The summed E-state index contributed by atoms with van der Waals surface area (Å²) in [5, 5.41) is 4.77. The number of imide groups is 1. The quantitative estimate of drug-likeness (QED) is 0.475. The third-order valence-corrected chi connectivity index (χ3v) is 10.2. The molecule has 0 spiro atoms. The van der Waals surface area contributed by atoms with Gasteiger partial charge in [0, 0.05) is 19.0 Å². The maximum atomic E-state index is 13.0. The summed E-state index contributed by atoms with van der Waals surface area (Å²) in [4.78, 5) is 49.8. The second-order valence-electron chi connectivity index (χ2n) is 7.65. The van der Waals surface area contributed by atoms with Gasteiger partial charge >= 0.3 is 12.1 Å². The van der Waals surface area contributed by atoms with Crippen molar-refractivity contribution < 1.29 is 37.1 Å². The number of halogens is 1. The number of thiophene rings is 2. The van der Waals surface area contributed by atoms with E-state index in [9.17, 15) is 27.6 Å². The smallest absolute Gasteiger partial charge is 0.413 e. The Morgan fingerprint density at radius 2 is 1.83 bits per heavy atom. The molecule has 15 heteroatoms. The van der Waals surface area contributed by atoms with Gasteiger partial charge in [0.2, 0.25) is 5.91 Å². The molecule has 2 N–H and O–H groups in total. The molecule has 3 amide bonds. The van der Waals surface area contributed by atoms with Gasteiger partial charge in [0.1, 0.15) is 14.1 Å². The summed E-state index contributed by atoms with van der Waals surface area (Å²) < 4.78 is 36.9. The fourth-order valence-electron chi connectivity index (χ4n) is 3.61. The third kappa shape index (κ3) is 6.06. The lowest BCUT2D eigenvalue weighted by atomic mass is 9.97. The molecule has 1 aliphatic rings. The number of nitrogens with zero attached hydrogens (tertiary/aromatic N) is 1. The van der Waals surface area contributed by atoms with E-state index >= 15 is 0 Å². The number of methoxy groups -OCH3 is 1. The number of esters is 1. The van der Waals surface area contributed by atoms with Gasteiger partial charge in [-0.25, -0.2) is 18.0 Å². The molecule has 0 aromatic carbocycles. The molecule has 0 atom stereocenters. The summed E-state index contributed by atoms with van der Waals surface area (Å²) in [5.41, 5.74) is 0.182. The average Bonchev–Trinajstić information content (AvgIpc) is 3.42. The number of anilines is 1. The normalized spacial score (nSPS) is 14.8. The van der Waals surface area contributed by atoms with E-state index in [-0.39, 0.29) is 57.8 Å². The van der Waals surface area contributed by atoms with E-state index in [1.165, 1.54) is 23.4 Å². The Morgan fingerprint density at radius 1 is 1.17 bits per heavy atom.